The molecule has 1 amide bonds. The minimum atomic E-state index is -0.654. The molecule has 4 heteroatoms. The van der Waals surface area contributed by atoms with Crippen molar-refractivity contribution in [1.82, 2.24) is 10.2 Å². The van der Waals surface area contributed by atoms with Crippen molar-refractivity contribution in [3.8, 4) is 0 Å². The van der Waals surface area contributed by atoms with Crippen LogP contribution in [-0.2, 0) is 4.79 Å². The first-order valence-corrected chi connectivity index (χ1v) is 8.32. The van der Waals surface area contributed by atoms with E-state index >= 15 is 0 Å². The van der Waals surface area contributed by atoms with Crippen molar-refractivity contribution in [3.63, 3.8) is 0 Å². The third-order valence-electron chi connectivity index (χ3n) is 3.51. The van der Waals surface area contributed by atoms with Crippen LogP contribution in [0.1, 0.15) is 66.2 Å². The first-order valence-electron chi connectivity index (χ1n) is 8.32. The fourth-order valence-corrected chi connectivity index (χ4v) is 2.42. The van der Waals surface area contributed by atoms with Gasteiger partial charge >= 0.3 is 0 Å². The van der Waals surface area contributed by atoms with Crippen molar-refractivity contribution in [2.24, 2.45) is 5.92 Å². The lowest BCUT2D eigenvalue weighted by molar-refractivity contribution is -0.135. The number of hydrogen-bond acceptors (Lipinski definition) is 3. The fraction of sp³-hybridized carbons (Fsp3) is 0.938. The lowest BCUT2D eigenvalue weighted by Gasteiger charge is -2.32. The summed E-state index contributed by atoms with van der Waals surface area (Å²) in [5.74, 6) is -0.301. The zero-order valence-corrected chi connectivity index (χ0v) is 13.8. The monoisotopic (exact) mass is 286 g/mol. The van der Waals surface area contributed by atoms with Gasteiger partial charge < -0.3 is 10.4 Å². The maximum atomic E-state index is 12.3. The molecule has 20 heavy (non-hydrogen) atoms. The first kappa shape index (κ1) is 19.4. The Labute approximate surface area is 124 Å². The molecule has 0 bridgehead atoms. The maximum Gasteiger partial charge on any atom is 0.227 e. The van der Waals surface area contributed by atoms with Gasteiger partial charge in [0.05, 0.1) is 5.92 Å². The second-order valence-corrected chi connectivity index (χ2v) is 5.49. The Morgan fingerprint density at radius 2 is 1.65 bits per heavy atom. The highest BCUT2D eigenvalue weighted by molar-refractivity contribution is 5.79. The molecular formula is C16H34N2O2. The molecule has 0 radical (unpaired) electrons. The van der Waals surface area contributed by atoms with Gasteiger partial charge in [-0.2, -0.15) is 0 Å². The van der Waals surface area contributed by atoms with Gasteiger partial charge in [-0.15, -0.1) is 0 Å². The van der Waals surface area contributed by atoms with E-state index in [4.69, 9.17) is 0 Å². The lowest BCUT2D eigenvalue weighted by Crippen LogP contribution is -2.47. The fourth-order valence-electron chi connectivity index (χ4n) is 2.42. The number of rotatable bonds is 12. The van der Waals surface area contributed by atoms with Crippen LogP contribution in [0.4, 0.5) is 0 Å². The Kier molecular flexibility index (Phi) is 11.8. The van der Waals surface area contributed by atoms with E-state index < -0.39 is 6.23 Å². The molecule has 4 nitrogen and oxygen atoms in total. The summed E-state index contributed by atoms with van der Waals surface area (Å²) in [6.07, 6.45) is 5.05. The number of carbonyl (C=O) groups excluding carboxylic acids is 1. The average molecular weight is 286 g/mol. The van der Waals surface area contributed by atoms with E-state index in [1.165, 1.54) is 0 Å². The van der Waals surface area contributed by atoms with Gasteiger partial charge in [-0.1, -0.05) is 40.5 Å². The van der Waals surface area contributed by atoms with Crippen LogP contribution in [0.25, 0.3) is 0 Å². The van der Waals surface area contributed by atoms with Gasteiger partial charge in [-0.25, -0.2) is 0 Å². The van der Waals surface area contributed by atoms with Gasteiger partial charge in [0.2, 0.25) is 5.91 Å². The number of carbonyl (C=O) groups is 1. The van der Waals surface area contributed by atoms with Crippen molar-refractivity contribution in [3.05, 3.63) is 0 Å². The molecule has 0 aromatic heterocycles. The summed E-state index contributed by atoms with van der Waals surface area (Å²) in [4.78, 5) is 14.3. The first-order chi connectivity index (χ1) is 9.62. The van der Waals surface area contributed by atoms with Crippen LogP contribution < -0.4 is 5.32 Å². The number of hydrogen-bond donors (Lipinski definition) is 2. The zero-order chi connectivity index (χ0) is 15.4. The van der Waals surface area contributed by atoms with Gasteiger partial charge in [0, 0.05) is 19.6 Å². The third-order valence-corrected chi connectivity index (χ3v) is 3.51. The normalized spacial score (nSPS) is 14.3. The molecule has 0 heterocycles. The summed E-state index contributed by atoms with van der Waals surface area (Å²) in [7, 11) is 0. The van der Waals surface area contributed by atoms with E-state index in [0.29, 0.717) is 6.54 Å². The van der Waals surface area contributed by atoms with Crippen LogP contribution in [0, 0.1) is 5.92 Å². The smallest absolute Gasteiger partial charge is 0.227 e. The van der Waals surface area contributed by atoms with Gasteiger partial charge in [0.25, 0.3) is 0 Å². The van der Waals surface area contributed by atoms with E-state index in [-0.39, 0.29) is 11.8 Å². The molecule has 0 spiro atoms. The standard InChI is InChI=1S/C16H34N2O2/c1-5-9-10-14(15(19)17-11-6-2)16(20)18(12-7-3)13-8-4/h14,16,20H,5-13H2,1-4H3,(H,17,19). The summed E-state index contributed by atoms with van der Waals surface area (Å²) in [6, 6.07) is 0. The molecule has 0 saturated heterocycles. The van der Waals surface area contributed by atoms with Gasteiger partial charge in [0.1, 0.15) is 6.23 Å². The van der Waals surface area contributed by atoms with Crippen molar-refractivity contribution in [2.75, 3.05) is 19.6 Å². The number of amides is 1. The van der Waals surface area contributed by atoms with E-state index in [9.17, 15) is 9.90 Å². The molecule has 0 saturated carbocycles. The summed E-state index contributed by atoms with van der Waals surface area (Å²) in [5.41, 5.74) is 0. The van der Waals surface area contributed by atoms with Gasteiger partial charge in [0.15, 0.2) is 0 Å². The molecule has 2 unspecified atom stereocenters. The Balaban J connectivity index is 4.73. The topological polar surface area (TPSA) is 52.6 Å². The number of aliphatic hydroxyl groups is 1. The highest BCUT2D eigenvalue weighted by atomic mass is 16.3. The van der Waals surface area contributed by atoms with Crippen LogP contribution in [0.2, 0.25) is 0 Å². The highest BCUT2D eigenvalue weighted by Crippen LogP contribution is 2.18. The number of aliphatic hydroxyl groups excluding tert-OH is 1. The Bertz CT molecular complexity index is 241. The quantitative estimate of drug-likeness (QED) is 0.542. The molecule has 0 aliphatic rings. The van der Waals surface area contributed by atoms with E-state index in [0.717, 1.165) is 51.6 Å². The second-order valence-electron chi connectivity index (χ2n) is 5.49. The predicted molar refractivity (Wildman–Crippen MR) is 84.5 cm³/mol. The number of nitrogens with one attached hydrogen (secondary N) is 1. The minimum absolute atomic E-state index is 0.00464. The summed E-state index contributed by atoms with van der Waals surface area (Å²) < 4.78 is 0. The Hall–Kier alpha value is -0.610. The van der Waals surface area contributed by atoms with Gasteiger partial charge in [-0.3, -0.25) is 9.69 Å². The van der Waals surface area contributed by atoms with Gasteiger partial charge in [-0.05, 0) is 25.7 Å². The SMILES string of the molecule is CCCCC(C(=O)NCCC)C(O)N(CCC)CCC. The third kappa shape index (κ3) is 7.25. The minimum Gasteiger partial charge on any atom is -0.378 e. The van der Waals surface area contributed by atoms with Crippen LogP contribution in [0.5, 0.6) is 0 Å². The molecule has 2 atom stereocenters. The summed E-state index contributed by atoms with van der Waals surface area (Å²) >= 11 is 0. The largest absolute Gasteiger partial charge is 0.378 e. The predicted octanol–water partition coefficient (Wildman–Crippen LogP) is 2.76. The zero-order valence-electron chi connectivity index (χ0n) is 13.8. The number of unbranched alkanes of at least 4 members (excludes halogenated alkanes) is 1. The molecule has 0 aromatic rings. The van der Waals surface area contributed by atoms with Crippen molar-refractivity contribution in [2.45, 2.75) is 72.4 Å². The summed E-state index contributed by atoms with van der Waals surface area (Å²) in [5, 5.41) is 13.5. The second kappa shape index (κ2) is 12.2. The van der Waals surface area contributed by atoms with Crippen LogP contribution >= 0.6 is 0 Å². The van der Waals surface area contributed by atoms with E-state index in [2.05, 4.69) is 26.1 Å². The molecule has 0 aromatic carbocycles. The molecular weight excluding hydrogens is 252 g/mol. The van der Waals surface area contributed by atoms with Crippen molar-refractivity contribution >= 4 is 5.91 Å². The summed E-state index contributed by atoms with van der Waals surface area (Å²) in [6.45, 7) is 10.7. The van der Waals surface area contributed by atoms with E-state index in [1.54, 1.807) is 0 Å². The molecule has 2 N–H and O–H groups in total. The number of nitrogens with zero attached hydrogens (tertiary/aromatic N) is 1. The van der Waals surface area contributed by atoms with Crippen molar-refractivity contribution < 1.29 is 9.90 Å². The molecule has 0 fully saturated rings. The van der Waals surface area contributed by atoms with Crippen molar-refractivity contribution in [1.29, 1.82) is 0 Å². The van der Waals surface area contributed by atoms with Crippen LogP contribution in [0.15, 0.2) is 0 Å². The lowest BCUT2D eigenvalue weighted by atomic mass is 9.98. The van der Waals surface area contributed by atoms with E-state index in [1.807, 2.05) is 11.8 Å². The average Bonchev–Trinajstić information content (AvgIpc) is 2.44. The molecule has 120 valence electrons. The molecule has 0 aliphatic heterocycles. The Morgan fingerprint density at radius 3 is 2.10 bits per heavy atom. The molecule has 0 rings (SSSR count). The highest BCUT2D eigenvalue weighted by Gasteiger charge is 2.29. The van der Waals surface area contributed by atoms with Crippen LogP contribution in [0.3, 0.4) is 0 Å². The Morgan fingerprint density at radius 1 is 1.05 bits per heavy atom. The molecule has 0 aliphatic carbocycles. The maximum absolute atomic E-state index is 12.3. The van der Waals surface area contributed by atoms with Crippen LogP contribution in [-0.4, -0.2) is 41.8 Å².